The third-order valence-electron chi connectivity index (χ3n) is 7.86. The Balaban J connectivity index is 1.57. The molecule has 1 spiro atoms. The van der Waals surface area contributed by atoms with Gasteiger partial charge in [0.2, 0.25) is 11.8 Å². The van der Waals surface area contributed by atoms with E-state index in [2.05, 4.69) is 38.5 Å². The maximum atomic E-state index is 14.3. The van der Waals surface area contributed by atoms with Crippen molar-refractivity contribution in [2.75, 3.05) is 18.4 Å². The Labute approximate surface area is 244 Å². The molecule has 0 bridgehead atoms. The molecule has 3 aliphatic rings. The minimum absolute atomic E-state index is 0.0533. The lowest BCUT2D eigenvalue weighted by atomic mass is 9.59. The SMILES string of the molecule is O=C1C[C@@H](c2cccc(Cl)c2)[C@]2(C(=O)Nc3cc(Cl)ccc32)[C@@H](c2cc(I)ccc2OC2CCNCC2)N1. The van der Waals surface area contributed by atoms with Crippen LogP contribution in [0.25, 0.3) is 0 Å². The number of piperidine rings is 2. The van der Waals surface area contributed by atoms with Crippen molar-refractivity contribution in [3.63, 3.8) is 0 Å². The largest absolute Gasteiger partial charge is 0.490 e. The molecule has 38 heavy (non-hydrogen) atoms. The van der Waals surface area contributed by atoms with E-state index in [0.717, 1.165) is 46.2 Å². The highest BCUT2D eigenvalue weighted by molar-refractivity contribution is 14.1. The Bertz CT molecular complexity index is 1430. The van der Waals surface area contributed by atoms with Crippen LogP contribution in [0.5, 0.6) is 5.75 Å². The van der Waals surface area contributed by atoms with Gasteiger partial charge in [0.25, 0.3) is 0 Å². The Hall–Kier alpha value is -2.33. The van der Waals surface area contributed by atoms with Crippen molar-refractivity contribution in [2.24, 2.45) is 0 Å². The van der Waals surface area contributed by atoms with Crippen LogP contribution in [0.4, 0.5) is 5.69 Å². The molecule has 3 aliphatic heterocycles. The van der Waals surface area contributed by atoms with Gasteiger partial charge in [-0.15, -0.1) is 0 Å². The average Bonchev–Trinajstić information content (AvgIpc) is 3.18. The summed E-state index contributed by atoms with van der Waals surface area (Å²) in [5.41, 5.74) is 1.93. The van der Waals surface area contributed by atoms with Crippen molar-refractivity contribution in [3.05, 3.63) is 91.0 Å². The normalized spacial score (nSPS) is 25.1. The Kier molecular flexibility index (Phi) is 7.05. The van der Waals surface area contributed by atoms with Crippen LogP contribution < -0.4 is 20.7 Å². The van der Waals surface area contributed by atoms with Gasteiger partial charge in [-0.2, -0.15) is 0 Å². The molecule has 0 aliphatic carbocycles. The molecule has 3 aromatic rings. The number of carbonyl (C=O) groups excluding carboxylic acids is 2. The molecule has 3 atom stereocenters. The first-order chi connectivity index (χ1) is 18.4. The molecule has 0 radical (unpaired) electrons. The molecule has 0 unspecified atom stereocenters. The van der Waals surface area contributed by atoms with Gasteiger partial charge in [0.15, 0.2) is 0 Å². The van der Waals surface area contributed by atoms with E-state index in [-0.39, 0.29) is 24.3 Å². The number of benzene rings is 3. The molecule has 6 nitrogen and oxygen atoms in total. The second kappa shape index (κ2) is 10.3. The lowest BCUT2D eigenvalue weighted by Crippen LogP contribution is -2.57. The van der Waals surface area contributed by atoms with Crippen LogP contribution in [0.3, 0.4) is 0 Å². The Morgan fingerprint density at radius 3 is 2.53 bits per heavy atom. The molecule has 2 saturated heterocycles. The molecule has 3 heterocycles. The third-order valence-corrected chi connectivity index (χ3v) is 9.01. The number of amides is 2. The zero-order valence-electron chi connectivity index (χ0n) is 20.4. The second-order valence-electron chi connectivity index (χ2n) is 10.1. The minimum atomic E-state index is -1.14. The monoisotopic (exact) mass is 661 g/mol. The molecule has 9 heteroatoms. The first kappa shape index (κ1) is 25.9. The molecule has 3 N–H and O–H groups in total. The Morgan fingerprint density at radius 1 is 0.947 bits per heavy atom. The lowest BCUT2D eigenvalue weighted by molar-refractivity contribution is -0.131. The van der Waals surface area contributed by atoms with Gasteiger partial charge >= 0.3 is 0 Å². The summed E-state index contributed by atoms with van der Waals surface area (Å²) in [5, 5.41) is 10.7. The molecule has 0 aromatic heterocycles. The number of hydrogen-bond acceptors (Lipinski definition) is 4. The molecule has 0 saturated carbocycles. The zero-order chi connectivity index (χ0) is 26.4. The standard InChI is InChI=1S/C29H26Cl2IN3O3/c30-17-3-1-2-16(12-17)23-15-26(36)35-27(29(23)22-6-4-18(31)13-24(22)34-28(29)37)21-14-19(32)5-7-25(21)38-20-8-10-33-11-9-20/h1-7,12-14,20,23,27,33H,8-11,15H2,(H,34,37)(H,35,36)/t23-,27+,29-/m0/s1. The predicted octanol–water partition coefficient (Wildman–Crippen LogP) is 5.96. The van der Waals surface area contributed by atoms with Gasteiger partial charge in [-0.25, -0.2) is 0 Å². The van der Waals surface area contributed by atoms with Crippen LogP contribution in [0.1, 0.15) is 47.9 Å². The number of ether oxygens (including phenoxy) is 1. The fraction of sp³-hybridized carbons (Fsp3) is 0.310. The fourth-order valence-corrected chi connectivity index (χ4v) is 7.10. The lowest BCUT2D eigenvalue weighted by Gasteiger charge is -2.46. The maximum absolute atomic E-state index is 14.3. The number of nitrogens with one attached hydrogen (secondary N) is 3. The molecular formula is C29H26Cl2IN3O3. The number of rotatable bonds is 4. The van der Waals surface area contributed by atoms with E-state index in [0.29, 0.717) is 21.5 Å². The van der Waals surface area contributed by atoms with E-state index in [1.165, 1.54) is 0 Å². The molecular weight excluding hydrogens is 636 g/mol. The highest BCUT2D eigenvalue weighted by Gasteiger charge is 2.61. The van der Waals surface area contributed by atoms with E-state index in [1.54, 1.807) is 18.2 Å². The Morgan fingerprint density at radius 2 is 1.74 bits per heavy atom. The maximum Gasteiger partial charge on any atom is 0.238 e. The number of hydrogen-bond donors (Lipinski definition) is 3. The third kappa shape index (κ3) is 4.47. The van der Waals surface area contributed by atoms with Crippen LogP contribution in [0.15, 0.2) is 60.7 Å². The van der Waals surface area contributed by atoms with E-state index in [1.807, 2.05) is 42.5 Å². The summed E-state index contributed by atoms with van der Waals surface area (Å²) in [7, 11) is 0. The topological polar surface area (TPSA) is 79.5 Å². The van der Waals surface area contributed by atoms with Gasteiger partial charge in [0, 0.05) is 37.2 Å². The number of halogens is 3. The first-order valence-corrected chi connectivity index (χ1v) is 14.5. The van der Waals surface area contributed by atoms with Gasteiger partial charge < -0.3 is 20.7 Å². The van der Waals surface area contributed by atoms with Crippen LogP contribution in [0.2, 0.25) is 10.0 Å². The van der Waals surface area contributed by atoms with Crippen molar-refractivity contribution in [3.8, 4) is 5.75 Å². The molecule has 2 fully saturated rings. The molecule has 196 valence electrons. The summed E-state index contributed by atoms with van der Waals surface area (Å²) in [5.74, 6) is -0.0974. The fourth-order valence-electron chi connectivity index (χ4n) is 6.21. The van der Waals surface area contributed by atoms with Gasteiger partial charge in [-0.1, -0.05) is 41.4 Å². The van der Waals surface area contributed by atoms with Gasteiger partial charge in [-0.3, -0.25) is 9.59 Å². The van der Waals surface area contributed by atoms with E-state index < -0.39 is 17.4 Å². The highest BCUT2D eigenvalue weighted by atomic mass is 127. The molecule has 6 rings (SSSR count). The van der Waals surface area contributed by atoms with Crippen molar-refractivity contribution in [2.45, 2.75) is 42.7 Å². The van der Waals surface area contributed by atoms with Crippen molar-refractivity contribution >= 4 is 63.3 Å². The highest BCUT2D eigenvalue weighted by Crippen LogP contribution is 2.58. The summed E-state index contributed by atoms with van der Waals surface area (Å²) >= 11 is 15.0. The van der Waals surface area contributed by atoms with Gasteiger partial charge in [0.1, 0.15) is 17.3 Å². The smallest absolute Gasteiger partial charge is 0.238 e. The summed E-state index contributed by atoms with van der Waals surface area (Å²) < 4.78 is 7.55. The predicted molar refractivity (Wildman–Crippen MR) is 157 cm³/mol. The van der Waals surface area contributed by atoms with Crippen molar-refractivity contribution in [1.29, 1.82) is 0 Å². The van der Waals surface area contributed by atoms with Gasteiger partial charge in [-0.05, 0) is 102 Å². The van der Waals surface area contributed by atoms with Crippen molar-refractivity contribution in [1.82, 2.24) is 10.6 Å². The number of anilines is 1. The van der Waals surface area contributed by atoms with E-state index in [4.69, 9.17) is 27.9 Å². The average molecular weight is 662 g/mol. The van der Waals surface area contributed by atoms with Gasteiger partial charge in [0.05, 0.1) is 6.04 Å². The number of fused-ring (bicyclic) bond motifs is 2. The molecule has 3 aromatic carbocycles. The zero-order valence-corrected chi connectivity index (χ0v) is 24.1. The summed E-state index contributed by atoms with van der Waals surface area (Å²) in [6, 6.07) is 18.2. The second-order valence-corrected chi connectivity index (χ2v) is 12.2. The van der Waals surface area contributed by atoms with Crippen molar-refractivity contribution < 1.29 is 14.3 Å². The van der Waals surface area contributed by atoms with Crippen LogP contribution >= 0.6 is 45.8 Å². The van der Waals surface area contributed by atoms with Crippen LogP contribution in [0, 0.1) is 3.57 Å². The summed E-state index contributed by atoms with van der Waals surface area (Å²) in [4.78, 5) is 27.6. The van der Waals surface area contributed by atoms with Crippen LogP contribution in [-0.4, -0.2) is 31.0 Å². The first-order valence-electron chi connectivity index (χ1n) is 12.7. The number of carbonyl (C=O) groups is 2. The van der Waals surface area contributed by atoms with E-state index in [9.17, 15) is 9.59 Å². The van der Waals surface area contributed by atoms with E-state index >= 15 is 0 Å². The molecule has 2 amide bonds. The quantitative estimate of drug-likeness (QED) is 0.302. The summed E-state index contributed by atoms with van der Waals surface area (Å²) in [6.45, 7) is 1.78. The van der Waals surface area contributed by atoms with Crippen LogP contribution in [-0.2, 0) is 15.0 Å². The minimum Gasteiger partial charge on any atom is -0.490 e. The summed E-state index contributed by atoms with van der Waals surface area (Å²) in [6.07, 6.45) is 1.97.